The molecule has 0 radical (unpaired) electrons. The van der Waals surface area contributed by atoms with Crippen LogP contribution in [0.4, 0.5) is 4.79 Å². The number of nitrogens with zero attached hydrogens (tertiary/aromatic N) is 2. The molecule has 3 aliphatic rings. The third-order valence-corrected chi connectivity index (χ3v) is 7.18. The molecule has 1 N–H and O–H groups in total. The van der Waals surface area contributed by atoms with Gasteiger partial charge in [0.1, 0.15) is 17.9 Å². The molecule has 3 aliphatic heterocycles. The van der Waals surface area contributed by atoms with E-state index in [2.05, 4.69) is 11.9 Å². The summed E-state index contributed by atoms with van der Waals surface area (Å²) >= 11 is 0. The normalized spacial score (nSPS) is 25.5. The molecule has 0 aromatic heterocycles. The van der Waals surface area contributed by atoms with Gasteiger partial charge in [-0.25, -0.2) is 4.79 Å². The second-order valence-corrected chi connectivity index (χ2v) is 9.40. The van der Waals surface area contributed by atoms with Gasteiger partial charge in [-0.2, -0.15) is 0 Å². The highest BCUT2D eigenvalue weighted by molar-refractivity contribution is 6.07. The number of hydrogen-bond donors (Lipinski definition) is 1. The molecule has 2 atom stereocenters. The van der Waals surface area contributed by atoms with E-state index in [4.69, 9.17) is 9.47 Å². The average Bonchev–Trinajstić information content (AvgIpc) is 3.46. The van der Waals surface area contributed by atoms with E-state index >= 15 is 0 Å². The average molecular weight is 470 g/mol. The Bertz CT molecular complexity index is 921. The second-order valence-electron chi connectivity index (χ2n) is 9.40. The topological polar surface area (TPSA) is 88.2 Å². The molecule has 0 aliphatic carbocycles. The number of urea groups is 1. The smallest absolute Gasteiger partial charge is 0.325 e. The van der Waals surface area contributed by atoms with Crippen LogP contribution < -0.4 is 10.1 Å². The van der Waals surface area contributed by atoms with E-state index in [9.17, 15) is 14.4 Å². The van der Waals surface area contributed by atoms with Crippen LogP contribution in [-0.2, 0) is 9.53 Å². The zero-order valence-corrected chi connectivity index (χ0v) is 20.0. The van der Waals surface area contributed by atoms with Crippen LogP contribution in [0.3, 0.4) is 0 Å². The van der Waals surface area contributed by atoms with Crippen LogP contribution in [0.1, 0.15) is 55.8 Å². The molecule has 184 valence electrons. The number of hydrogen-bond acceptors (Lipinski definition) is 5. The Labute approximate surface area is 201 Å². The van der Waals surface area contributed by atoms with Crippen molar-refractivity contribution in [2.45, 2.75) is 57.1 Å². The van der Waals surface area contributed by atoms with Crippen LogP contribution in [0.5, 0.6) is 5.75 Å². The maximum absolute atomic E-state index is 13.6. The predicted molar refractivity (Wildman–Crippen MR) is 128 cm³/mol. The van der Waals surface area contributed by atoms with Crippen molar-refractivity contribution in [1.82, 2.24) is 15.1 Å². The molecule has 1 aromatic rings. The molecule has 0 bridgehead atoms. The van der Waals surface area contributed by atoms with Crippen molar-refractivity contribution in [2.75, 3.05) is 32.8 Å². The lowest BCUT2D eigenvalue weighted by Crippen LogP contribution is -2.56. The van der Waals surface area contributed by atoms with Crippen molar-refractivity contribution in [1.29, 1.82) is 0 Å². The highest BCUT2D eigenvalue weighted by atomic mass is 16.5. The number of nitrogens with one attached hydrogen (secondary N) is 1. The van der Waals surface area contributed by atoms with Gasteiger partial charge in [0.25, 0.3) is 11.8 Å². The fourth-order valence-corrected chi connectivity index (χ4v) is 5.48. The minimum absolute atomic E-state index is 0.00953. The monoisotopic (exact) mass is 469 g/mol. The summed E-state index contributed by atoms with van der Waals surface area (Å²) in [6.07, 6.45) is 6.14. The quantitative estimate of drug-likeness (QED) is 0.443. The van der Waals surface area contributed by atoms with E-state index in [1.54, 1.807) is 18.2 Å². The predicted octanol–water partition coefficient (Wildman–Crippen LogP) is 3.37. The highest BCUT2D eigenvalue weighted by Crippen LogP contribution is 2.38. The number of likely N-dealkylation sites (tertiary alicyclic amines) is 1. The van der Waals surface area contributed by atoms with Gasteiger partial charge < -0.3 is 19.7 Å². The van der Waals surface area contributed by atoms with Crippen molar-refractivity contribution < 1.29 is 23.9 Å². The van der Waals surface area contributed by atoms with Crippen LogP contribution in [0.25, 0.3) is 0 Å². The van der Waals surface area contributed by atoms with Crippen molar-refractivity contribution in [2.24, 2.45) is 5.92 Å². The minimum atomic E-state index is -0.891. The van der Waals surface area contributed by atoms with Gasteiger partial charge in [0.2, 0.25) is 0 Å². The number of piperidine rings is 1. The summed E-state index contributed by atoms with van der Waals surface area (Å²) in [4.78, 5) is 42.7. The molecular weight excluding hydrogens is 434 g/mol. The molecular formula is C26H35N3O5. The van der Waals surface area contributed by atoms with Gasteiger partial charge >= 0.3 is 6.03 Å². The summed E-state index contributed by atoms with van der Waals surface area (Å²) in [6, 6.07) is 6.85. The Hall–Kier alpha value is -2.87. The zero-order chi connectivity index (χ0) is 24.1. The van der Waals surface area contributed by atoms with Crippen molar-refractivity contribution in [3.05, 3.63) is 42.5 Å². The lowest BCUT2D eigenvalue weighted by Gasteiger charge is -2.41. The van der Waals surface area contributed by atoms with Crippen molar-refractivity contribution in [3.8, 4) is 5.75 Å². The fourth-order valence-electron chi connectivity index (χ4n) is 5.48. The summed E-state index contributed by atoms with van der Waals surface area (Å²) in [5.41, 5.74) is -0.311. The number of rotatable bonds is 9. The molecule has 3 saturated heterocycles. The fraction of sp³-hybridized carbons (Fsp3) is 0.577. The summed E-state index contributed by atoms with van der Waals surface area (Å²) in [5.74, 6) is 0.443. The number of ether oxygens (including phenoxy) is 2. The number of carbonyl (C=O) groups is 3. The first-order valence-corrected chi connectivity index (χ1v) is 12.4. The van der Waals surface area contributed by atoms with E-state index in [1.165, 1.54) is 4.90 Å². The molecule has 3 heterocycles. The number of carbonyl (C=O) groups excluding carboxylic acids is 3. The van der Waals surface area contributed by atoms with E-state index in [-0.39, 0.29) is 29.9 Å². The zero-order valence-electron chi connectivity index (χ0n) is 20.0. The van der Waals surface area contributed by atoms with Crippen LogP contribution in [-0.4, -0.2) is 72.1 Å². The number of benzene rings is 1. The molecule has 8 heteroatoms. The van der Waals surface area contributed by atoms with Gasteiger partial charge in [0.05, 0.1) is 12.6 Å². The summed E-state index contributed by atoms with van der Waals surface area (Å²) in [7, 11) is 0. The van der Waals surface area contributed by atoms with E-state index in [0.717, 1.165) is 19.3 Å². The molecule has 0 spiro atoms. The maximum atomic E-state index is 13.6. The lowest BCUT2D eigenvalue weighted by atomic mass is 9.74. The first-order chi connectivity index (χ1) is 16.5. The first kappa shape index (κ1) is 24.3. The van der Waals surface area contributed by atoms with Gasteiger partial charge in [0, 0.05) is 25.3 Å². The van der Waals surface area contributed by atoms with Gasteiger partial charge in [-0.1, -0.05) is 32.1 Å². The summed E-state index contributed by atoms with van der Waals surface area (Å²) in [6.45, 7) is 8.15. The molecule has 34 heavy (non-hydrogen) atoms. The third kappa shape index (κ3) is 4.82. The Balaban J connectivity index is 1.42. The van der Waals surface area contributed by atoms with Crippen molar-refractivity contribution >= 4 is 17.8 Å². The standard InChI is InChI=1S/C26H35N3O5/c1-3-12-26(24(31)29(25(32)27-26)18-22-9-6-16-34-22)20-10-13-28(14-11-20)23(30)19-7-5-8-21(17-19)33-15-4-2/h4-5,7-8,17,20,22H,2-3,6,9-16,18H2,1H3,(H,27,32)/t22-,26+/m0/s1. The number of amides is 4. The number of imide groups is 1. The van der Waals surface area contributed by atoms with Crippen LogP contribution in [0, 0.1) is 5.92 Å². The van der Waals surface area contributed by atoms with Gasteiger partial charge in [0.15, 0.2) is 0 Å². The maximum Gasteiger partial charge on any atom is 0.325 e. The Morgan fingerprint density at radius 2 is 2.09 bits per heavy atom. The molecule has 0 unspecified atom stereocenters. The van der Waals surface area contributed by atoms with Crippen LogP contribution in [0.15, 0.2) is 36.9 Å². The summed E-state index contributed by atoms with van der Waals surface area (Å²) in [5, 5.41) is 3.07. The minimum Gasteiger partial charge on any atom is -0.490 e. The van der Waals surface area contributed by atoms with Crippen LogP contribution >= 0.6 is 0 Å². The van der Waals surface area contributed by atoms with Crippen LogP contribution in [0.2, 0.25) is 0 Å². The van der Waals surface area contributed by atoms with E-state index in [0.29, 0.717) is 63.4 Å². The van der Waals surface area contributed by atoms with E-state index < -0.39 is 5.54 Å². The Morgan fingerprint density at radius 3 is 2.76 bits per heavy atom. The van der Waals surface area contributed by atoms with Gasteiger partial charge in [-0.3, -0.25) is 14.5 Å². The third-order valence-electron chi connectivity index (χ3n) is 7.18. The molecule has 4 amide bonds. The highest BCUT2D eigenvalue weighted by Gasteiger charge is 2.55. The largest absolute Gasteiger partial charge is 0.490 e. The van der Waals surface area contributed by atoms with Gasteiger partial charge in [-0.15, -0.1) is 0 Å². The second kappa shape index (κ2) is 10.6. The lowest BCUT2D eigenvalue weighted by molar-refractivity contribution is -0.135. The molecule has 3 fully saturated rings. The molecule has 0 saturated carbocycles. The van der Waals surface area contributed by atoms with Crippen molar-refractivity contribution in [3.63, 3.8) is 0 Å². The molecule has 1 aromatic carbocycles. The first-order valence-electron chi connectivity index (χ1n) is 12.4. The Morgan fingerprint density at radius 1 is 1.29 bits per heavy atom. The van der Waals surface area contributed by atoms with E-state index in [1.807, 2.05) is 24.0 Å². The van der Waals surface area contributed by atoms with Gasteiger partial charge in [-0.05, 0) is 56.2 Å². The Kier molecular flexibility index (Phi) is 7.56. The molecule has 8 nitrogen and oxygen atoms in total. The molecule has 4 rings (SSSR count). The summed E-state index contributed by atoms with van der Waals surface area (Å²) < 4.78 is 11.2. The SMILES string of the molecule is C=CCOc1cccc(C(=O)N2CCC([C@@]3(CCC)NC(=O)N(C[C@@H]4CCCO4)C3=O)CC2)c1.